The number of ether oxygens (including phenoxy) is 1. The predicted octanol–water partition coefficient (Wildman–Crippen LogP) is 2.21. The van der Waals surface area contributed by atoms with E-state index in [1.165, 1.54) is 35.6 Å². The van der Waals surface area contributed by atoms with Crippen LogP contribution in [0.15, 0.2) is 59.5 Å². The molecule has 0 unspecified atom stereocenters. The van der Waals surface area contributed by atoms with Crippen LogP contribution in [0.3, 0.4) is 0 Å². The number of esters is 1. The van der Waals surface area contributed by atoms with Crippen LogP contribution in [0, 0.1) is 0 Å². The van der Waals surface area contributed by atoms with Gasteiger partial charge in [-0.15, -0.1) is 0 Å². The van der Waals surface area contributed by atoms with E-state index < -0.39 is 34.0 Å². The number of imide groups is 1. The molecule has 32 heavy (non-hydrogen) atoms. The van der Waals surface area contributed by atoms with Gasteiger partial charge in [0.1, 0.15) is 0 Å². The van der Waals surface area contributed by atoms with Gasteiger partial charge < -0.3 is 10.1 Å². The number of carbonyl (C=O) groups excluding carboxylic acids is 3. The van der Waals surface area contributed by atoms with Gasteiger partial charge in [0.15, 0.2) is 0 Å². The van der Waals surface area contributed by atoms with Crippen LogP contribution in [0.1, 0.15) is 41.3 Å². The molecule has 10 heteroatoms. The van der Waals surface area contributed by atoms with E-state index in [-0.39, 0.29) is 10.5 Å². The van der Waals surface area contributed by atoms with Gasteiger partial charge in [0.05, 0.1) is 10.5 Å². The van der Waals surface area contributed by atoms with Crippen LogP contribution in [-0.4, -0.2) is 50.8 Å². The average molecular weight is 460 g/mol. The number of urea groups is 1. The Hall–Kier alpha value is -3.24. The fraction of sp³-hybridized carbons (Fsp3) is 0.318. The summed E-state index contributed by atoms with van der Waals surface area (Å²) in [6.07, 6.45) is 1.17. The molecule has 1 saturated heterocycles. The number of amides is 3. The van der Waals surface area contributed by atoms with Crippen molar-refractivity contribution in [3.05, 3.63) is 65.7 Å². The molecule has 2 aromatic rings. The SMILES string of the molecule is CNC(=O)NC(=O)[C@H](OC(=O)c1cccc(S(=O)(=O)N2CCCCC2)c1)c1ccccc1. The first-order valence-corrected chi connectivity index (χ1v) is 11.7. The second-order valence-electron chi connectivity index (χ2n) is 7.26. The van der Waals surface area contributed by atoms with Crippen molar-refractivity contribution >= 4 is 27.9 Å². The Balaban J connectivity index is 1.84. The number of carbonyl (C=O) groups is 3. The van der Waals surface area contributed by atoms with E-state index in [9.17, 15) is 22.8 Å². The van der Waals surface area contributed by atoms with Crippen molar-refractivity contribution < 1.29 is 27.5 Å². The van der Waals surface area contributed by atoms with Gasteiger partial charge in [0.2, 0.25) is 16.1 Å². The molecule has 1 fully saturated rings. The highest BCUT2D eigenvalue weighted by molar-refractivity contribution is 7.89. The van der Waals surface area contributed by atoms with E-state index in [0.717, 1.165) is 19.3 Å². The molecule has 3 rings (SSSR count). The van der Waals surface area contributed by atoms with Crippen LogP contribution < -0.4 is 10.6 Å². The Morgan fingerprint density at radius 3 is 2.31 bits per heavy atom. The van der Waals surface area contributed by atoms with Gasteiger partial charge in [0, 0.05) is 25.7 Å². The monoisotopic (exact) mass is 459 g/mol. The van der Waals surface area contributed by atoms with Gasteiger partial charge in [-0.2, -0.15) is 4.31 Å². The molecule has 2 N–H and O–H groups in total. The Bertz CT molecular complexity index is 1080. The molecule has 1 atom stereocenters. The fourth-order valence-electron chi connectivity index (χ4n) is 3.35. The molecule has 1 aliphatic rings. The van der Waals surface area contributed by atoms with Gasteiger partial charge >= 0.3 is 12.0 Å². The van der Waals surface area contributed by atoms with Gasteiger partial charge in [-0.3, -0.25) is 10.1 Å². The van der Waals surface area contributed by atoms with Crippen LogP contribution in [-0.2, 0) is 19.6 Å². The number of sulfonamides is 1. The topological polar surface area (TPSA) is 122 Å². The van der Waals surface area contributed by atoms with Crippen molar-refractivity contribution in [3.63, 3.8) is 0 Å². The summed E-state index contributed by atoms with van der Waals surface area (Å²) in [5, 5.41) is 4.35. The number of rotatable bonds is 6. The third-order valence-electron chi connectivity index (χ3n) is 5.05. The zero-order chi connectivity index (χ0) is 23.1. The number of nitrogens with one attached hydrogen (secondary N) is 2. The van der Waals surface area contributed by atoms with Crippen molar-refractivity contribution in [2.75, 3.05) is 20.1 Å². The Morgan fingerprint density at radius 2 is 1.66 bits per heavy atom. The van der Waals surface area contributed by atoms with E-state index in [1.54, 1.807) is 30.3 Å². The van der Waals surface area contributed by atoms with Gasteiger partial charge in [-0.25, -0.2) is 18.0 Å². The van der Waals surface area contributed by atoms with E-state index in [4.69, 9.17) is 4.74 Å². The molecule has 1 aliphatic heterocycles. The fourth-order valence-corrected chi connectivity index (χ4v) is 4.92. The molecule has 0 aromatic heterocycles. The van der Waals surface area contributed by atoms with Gasteiger partial charge in [-0.05, 0) is 31.0 Å². The summed E-state index contributed by atoms with van der Waals surface area (Å²) in [5.74, 6) is -1.72. The lowest BCUT2D eigenvalue weighted by molar-refractivity contribution is -0.129. The second kappa shape index (κ2) is 10.4. The predicted molar refractivity (Wildman–Crippen MR) is 116 cm³/mol. The minimum Gasteiger partial charge on any atom is -0.444 e. The Morgan fingerprint density at radius 1 is 0.969 bits per heavy atom. The molecular formula is C22H25N3O6S. The van der Waals surface area contributed by atoms with Crippen LogP contribution in [0.25, 0.3) is 0 Å². The molecule has 2 aromatic carbocycles. The molecule has 0 radical (unpaired) electrons. The number of piperidine rings is 1. The maximum Gasteiger partial charge on any atom is 0.339 e. The molecule has 170 valence electrons. The summed E-state index contributed by atoms with van der Waals surface area (Å²) in [6.45, 7) is 0.875. The van der Waals surface area contributed by atoms with E-state index in [0.29, 0.717) is 18.7 Å². The zero-order valence-electron chi connectivity index (χ0n) is 17.6. The second-order valence-corrected chi connectivity index (χ2v) is 9.19. The van der Waals surface area contributed by atoms with Gasteiger partial charge in [-0.1, -0.05) is 42.8 Å². The number of benzene rings is 2. The van der Waals surface area contributed by atoms with E-state index >= 15 is 0 Å². The summed E-state index contributed by atoms with van der Waals surface area (Å²) in [7, 11) is -2.39. The Kier molecular flexibility index (Phi) is 7.60. The summed E-state index contributed by atoms with van der Waals surface area (Å²) in [4.78, 5) is 36.9. The molecule has 0 bridgehead atoms. The molecular weight excluding hydrogens is 434 g/mol. The van der Waals surface area contributed by atoms with Crippen molar-refractivity contribution in [1.29, 1.82) is 0 Å². The lowest BCUT2D eigenvalue weighted by Crippen LogP contribution is -2.41. The maximum atomic E-state index is 12.9. The van der Waals surface area contributed by atoms with E-state index in [2.05, 4.69) is 10.6 Å². The third-order valence-corrected chi connectivity index (χ3v) is 6.95. The van der Waals surface area contributed by atoms with Crippen molar-refractivity contribution in [1.82, 2.24) is 14.9 Å². The molecule has 9 nitrogen and oxygen atoms in total. The standard InChI is InChI=1S/C22H25N3O6S/c1-23-22(28)24-20(26)19(16-9-4-2-5-10-16)31-21(27)17-11-8-12-18(15-17)32(29,30)25-13-6-3-7-14-25/h2,4-5,8-12,15,19H,3,6-7,13-14H2,1H3,(H2,23,24,26,28)/t19-/m1/s1. The lowest BCUT2D eigenvalue weighted by Gasteiger charge is -2.26. The highest BCUT2D eigenvalue weighted by Gasteiger charge is 2.29. The van der Waals surface area contributed by atoms with Gasteiger partial charge in [0.25, 0.3) is 5.91 Å². The summed E-state index contributed by atoms with van der Waals surface area (Å²) in [5.41, 5.74) is 0.344. The van der Waals surface area contributed by atoms with Crippen LogP contribution >= 0.6 is 0 Å². The summed E-state index contributed by atoms with van der Waals surface area (Å²) >= 11 is 0. The molecule has 0 saturated carbocycles. The lowest BCUT2D eigenvalue weighted by atomic mass is 10.1. The van der Waals surface area contributed by atoms with Crippen LogP contribution in [0.2, 0.25) is 0 Å². The van der Waals surface area contributed by atoms with E-state index in [1.807, 2.05) is 0 Å². The zero-order valence-corrected chi connectivity index (χ0v) is 18.4. The smallest absolute Gasteiger partial charge is 0.339 e. The first-order valence-electron chi connectivity index (χ1n) is 10.2. The van der Waals surface area contributed by atoms with Crippen molar-refractivity contribution in [2.45, 2.75) is 30.3 Å². The summed E-state index contributed by atoms with van der Waals surface area (Å²) in [6, 6.07) is 13.0. The van der Waals surface area contributed by atoms with Crippen LogP contribution in [0.4, 0.5) is 4.79 Å². The molecule has 0 spiro atoms. The first kappa shape index (κ1) is 23.4. The normalized spacial score (nSPS) is 15.4. The highest BCUT2D eigenvalue weighted by atomic mass is 32.2. The number of hydrogen-bond donors (Lipinski definition) is 2. The molecule has 3 amide bonds. The minimum atomic E-state index is -3.74. The number of nitrogens with zero attached hydrogens (tertiary/aromatic N) is 1. The van der Waals surface area contributed by atoms with Crippen LogP contribution in [0.5, 0.6) is 0 Å². The largest absolute Gasteiger partial charge is 0.444 e. The molecule has 1 heterocycles. The third kappa shape index (κ3) is 5.51. The number of hydrogen-bond acceptors (Lipinski definition) is 6. The Labute approximate surface area is 186 Å². The molecule has 0 aliphatic carbocycles. The minimum absolute atomic E-state index is 0.0140. The quantitative estimate of drug-likeness (QED) is 0.639. The van der Waals surface area contributed by atoms with Crippen molar-refractivity contribution in [3.8, 4) is 0 Å². The summed E-state index contributed by atoms with van der Waals surface area (Å²) < 4.78 is 32.7. The van der Waals surface area contributed by atoms with Crippen molar-refractivity contribution in [2.24, 2.45) is 0 Å². The highest BCUT2D eigenvalue weighted by Crippen LogP contribution is 2.24. The average Bonchev–Trinajstić information content (AvgIpc) is 2.83. The first-order chi connectivity index (χ1) is 15.3. The maximum absolute atomic E-state index is 12.9.